The van der Waals surface area contributed by atoms with Crippen LogP contribution in [-0.2, 0) is 20.9 Å². The molecular weight excluding hydrogens is 330 g/mol. The van der Waals surface area contributed by atoms with E-state index in [1.165, 1.54) is 12.7 Å². The number of carbonyl (C=O) groups is 2. The lowest BCUT2D eigenvalue weighted by Crippen LogP contribution is -2.50. The molecule has 3 rings (SSSR count). The second-order valence-electron chi connectivity index (χ2n) is 7.34. The van der Waals surface area contributed by atoms with Gasteiger partial charge >= 0.3 is 0 Å². The van der Waals surface area contributed by atoms with E-state index in [-0.39, 0.29) is 24.3 Å². The number of likely N-dealkylation sites (tertiary alicyclic amines) is 1. The molecule has 2 amide bonds. The third-order valence-corrected chi connectivity index (χ3v) is 5.29. The fraction of sp³-hybridized carbons (Fsp3) is 0.600. The number of ether oxygens (including phenoxy) is 1. The maximum Gasteiger partial charge on any atom is 0.241 e. The van der Waals surface area contributed by atoms with Gasteiger partial charge in [-0.15, -0.1) is 0 Å². The van der Waals surface area contributed by atoms with E-state index in [0.717, 1.165) is 12.8 Å². The van der Waals surface area contributed by atoms with Crippen molar-refractivity contribution in [1.82, 2.24) is 9.80 Å². The molecule has 2 aliphatic rings. The molecule has 1 aromatic rings. The van der Waals surface area contributed by atoms with Crippen LogP contribution < -0.4 is 5.73 Å². The van der Waals surface area contributed by atoms with E-state index in [2.05, 4.69) is 12.1 Å². The normalized spacial score (nSPS) is 19.2. The van der Waals surface area contributed by atoms with Gasteiger partial charge in [0.1, 0.15) is 6.04 Å². The van der Waals surface area contributed by atoms with E-state index in [1.54, 1.807) is 4.90 Å². The summed E-state index contributed by atoms with van der Waals surface area (Å²) >= 11 is 0. The number of methoxy groups -OCH3 is 1. The molecule has 1 aromatic carbocycles. The predicted octanol–water partition coefficient (Wildman–Crippen LogP) is 1.39. The lowest BCUT2D eigenvalue weighted by Gasteiger charge is -2.35. The van der Waals surface area contributed by atoms with Crippen LogP contribution in [0.25, 0.3) is 0 Å². The number of hydrogen-bond donors (Lipinski definition) is 1. The zero-order valence-corrected chi connectivity index (χ0v) is 15.5. The molecule has 0 radical (unpaired) electrons. The van der Waals surface area contributed by atoms with E-state index >= 15 is 0 Å². The first-order chi connectivity index (χ1) is 12.6. The summed E-state index contributed by atoms with van der Waals surface area (Å²) in [7, 11) is 1.54. The van der Waals surface area contributed by atoms with Gasteiger partial charge in [0.05, 0.1) is 6.61 Å². The summed E-state index contributed by atoms with van der Waals surface area (Å²) < 4.78 is 4.96. The van der Waals surface area contributed by atoms with E-state index in [4.69, 9.17) is 10.5 Å². The molecule has 142 valence electrons. The van der Waals surface area contributed by atoms with E-state index in [1.807, 2.05) is 23.1 Å². The van der Waals surface area contributed by atoms with Crippen molar-refractivity contribution < 1.29 is 14.3 Å². The van der Waals surface area contributed by atoms with Gasteiger partial charge in [-0.3, -0.25) is 9.59 Å². The van der Waals surface area contributed by atoms with Crippen LogP contribution in [0.15, 0.2) is 30.3 Å². The number of nitrogens with two attached hydrogens (primary N) is 1. The molecule has 1 aliphatic heterocycles. The Labute approximate surface area is 155 Å². The minimum absolute atomic E-state index is 0.00186. The van der Waals surface area contributed by atoms with Crippen molar-refractivity contribution >= 4 is 11.8 Å². The van der Waals surface area contributed by atoms with E-state index in [0.29, 0.717) is 38.5 Å². The molecule has 1 heterocycles. The van der Waals surface area contributed by atoms with Crippen molar-refractivity contribution in [3.05, 3.63) is 35.9 Å². The van der Waals surface area contributed by atoms with Gasteiger partial charge in [0.2, 0.25) is 11.8 Å². The zero-order valence-electron chi connectivity index (χ0n) is 15.5. The largest absolute Gasteiger partial charge is 0.383 e. The number of hydrogen-bond acceptors (Lipinski definition) is 4. The Balaban J connectivity index is 1.55. The maximum atomic E-state index is 13.1. The Hall–Kier alpha value is -1.92. The molecule has 0 aromatic heterocycles. The smallest absolute Gasteiger partial charge is 0.241 e. The Bertz CT molecular complexity index is 610. The van der Waals surface area contributed by atoms with Crippen LogP contribution >= 0.6 is 0 Å². The maximum absolute atomic E-state index is 13.1. The van der Waals surface area contributed by atoms with Crippen LogP contribution in [0.5, 0.6) is 0 Å². The number of carbonyl (C=O) groups excluding carboxylic acids is 2. The number of nitrogens with zero attached hydrogens (tertiary/aromatic N) is 2. The molecule has 1 unspecified atom stereocenters. The van der Waals surface area contributed by atoms with Crippen LogP contribution in [0.4, 0.5) is 0 Å². The average Bonchev–Trinajstić information content (AvgIpc) is 3.51. The van der Waals surface area contributed by atoms with Crippen molar-refractivity contribution in [2.75, 3.05) is 26.8 Å². The first-order valence-electron chi connectivity index (χ1n) is 9.48. The summed E-state index contributed by atoms with van der Waals surface area (Å²) in [5.41, 5.74) is 7.02. The minimum atomic E-state index is -0.617. The lowest BCUT2D eigenvalue weighted by atomic mass is 9.94. The Kier molecular flexibility index (Phi) is 6.27. The predicted molar refractivity (Wildman–Crippen MR) is 99.2 cm³/mol. The highest BCUT2D eigenvalue weighted by molar-refractivity contribution is 5.83. The standard InChI is InChI=1S/C20H29N3O3/c1-26-14-18(21)20(25)22-11-9-16(10-12-22)19(24)23(17-7-8-17)13-15-5-3-2-4-6-15/h2-6,16-18H,7-14,21H2,1H3. The monoisotopic (exact) mass is 359 g/mol. The quantitative estimate of drug-likeness (QED) is 0.798. The van der Waals surface area contributed by atoms with Gasteiger partial charge in [0.25, 0.3) is 0 Å². The molecule has 1 atom stereocenters. The Morgan fingerprint density at radius 3 is 2.42 bits per heavy atom. The summed E-state index contributed by atoms with van der Waals surface area (Å²) in [6.07, 6.45) is 3.62. The second kappa shape index (κ2) is 8.64. The number of rotatable bonds is 7. The zero-order chi connectivity index (χ0) is 18.5. The highest BCUT2D eigenvalue weighted by atomic mass is 16.5. The molecule has 2 N–H and O–H groups in total. The van der Waals surface area contributed by atoms with Crippen LogP contribution in [0.2, 0.25) is 0 Å². The summed E-state index contributed by atoms with van der Waals surface area (Å²) in [4.78, 5) is 29.2. The molecule has 1 saturated heterocycles. The molecule has 0 spiro atoms. The average molecular weight is 359 g/mol. The van der Waals surface area contributed by atoms with Crippen molar-refractivity contribution in [2.24, 2.45) is 11.7 Å². The Morgan fingerprint density at radius 1 is 1.19 bits per heavy atom. The third-order valence-electron chi connectivity index (χ3n) is 5.29. The van der Waals surface area contributed by atoms with Gasteiger partial charge in [-0.25, -0.2) is 0 Å². The van der Waals surface area contributed by atoms with Gasteiger partial charge in [-0.2, -0.15) is 0 Å². The molecule has 1 aliphatic carbocycles. The number of amides is 2. The summed E-state index contributed by atoms with van der Waals surface area (Å²) in [5, 5.41) is 0. The van der Waals surface area contributed by atoms with Crippen LogP contribution in [-0.4, -0.2) is 60.5 Å². The Morgan fingerprint density at radius 2 is 1.85 bits per heavy atom. The molecule has 6 heteroatoms. The fourth-order valence-corrected chi connectivity index (χ4v) is 3.62. The molecular formula is C20H29N3O3. The first-order valence-corrected chi connectivity index (χ1v) is 9.48. The highest BCUT2D eigenvalue weighted by Crippen LogP contribution is 2.31. The fourth-order valence-electron chi connectivity index (χ4n) is 3.62. The third kappa shape index (κ3) is 4.62. The molecule has 2 fully saturated rings. The van der Waals surface area contributed by atoms with E-state index < -0.39 is 6.04 Å². The minimum Gasteiger partial charge on any atom is -0.383 e. The lowest BCUT2D eigenvalue weighted by molar-refractivity contribution is -0.142. The first kappa shape index (κ1) is 18.9. The van der Waals surface area contributed by atoms with Crippen LogP contribution in [0, 0.1) is 5.92 Å². The van der Waals surface area contributed by atoms with Gasteiger partial charge in [-0.05, 0) is 31.2 Å². The molecule has 1 saturated carbocycles. The molecule has 6 nitrogen and oxygen atoms in total. The van der Waals surface area contributed by atoms with Gasteiger partial charge in [0, 0.05) is 38.7 Å². The summed E-state index contributed by atoms with van der Waals surface area (Å²) in [6.45, 7) is 2.10. The number of benzene rings is 1. The van der Waals surface area contributed by atoms with Crippen molar-refractivity contribution in [1.29, 1.82) is 0 Å². The van der Waals surface area contributed by atoms with Crippen LogP contribution in [0.3, 0.4) is 0 Å². The number of piperidine rings is 1. The summed E-state index contributed by atoms with van der Waals surface area (Å²) in [6, 6.07) is 9.93. The second-order valence-corrected chi connectivity index (χ2v) is 7.34. The van der Waals surface area contributed by atoms with Crippen molar-refractivity contribution in [2.45, 2.75) is 44.3 Å². The van der Waals surface area contributed by atoms with Gasteiger partial charge in [0.15, 0.2) is 0 Å². The topological polar surface area (TPSA) is 75.9 Å². The summed E-state index contributed by atoms with van der Waals surface area (Å²) in [5.74, 6) is 0.160. The molecule has 0 bridgehead atoms. The SMILES string of the molecule is COCC(N)C(=O)N1CCC(C(=O)N(Cc2ccccc2)C2CC2)CC1. The van der Waals surface area contributed by atoms with Gasteiger partial charge in [-0.1, -0.05) is 30.3 Å². The molecule has 26 heavy (non-hydrogen) atoms. The van der Waals surface area contributed by atoms with Crippen molar-refractivity contribution in [3.8, 4) is 0 Å². The van der Waals surface area contributed by atoms with Crippen LogP contribution in [0.1, 0.15) is 31.2 Å². The van der Waals surface area contributed by atoms with Gasteiger partial charge < -0.3 is 20.3 Å². The highest BCUT2D eigenvalue weighted by Gasteiger charge is 2.37. The van der Waals surface area contributed by atoms with E-state index in [9.17, 15) is 9.59 Å². The van der Waals surface area contributed by atoms with Crippen molar-refractivity contribution in [3.63, 3.8) is 0 Å².